The van der Waals surface area contributed by atoms with Gasteiger partial charge in [0.1, 0.15) is 0 Å². The number of thioether (sulfide) groups is 1. The molecule has 0 bridgehead atoms. The quantitative estimate of drug-likeness (QED) is 0.811. The number of carbonyl (C=O) groups is 1. The Kier molecular flexibility index (Phi) is 5.71. The van der Waals surface area contributed by atoms with Crippen molar-refractivity contribution in [2.24, 2.45) is 0 Å². The van der Waals surface area contributed by atoms with E-state index in [4.69, 9.17) is 0 Å². The molecule has 1 aromatic heterocycles. The van der Waals surface area contributed by atoms with Gasteiger partial charge in [-0.2, -0.15) is 13.2 Å². The molecule has 0 unspecified atom stereocenters. The fourth-order valence-corrected chi connectivity index (χ4v) is 4.39. The van der Waals surface area contributed by atoms with Gasteiger partial charge in [0.15, 0.2) is 11.5 Å². The predicted molar refractivity (Wildman–Crippen MR) is 90.5 cm³/mol. The van der Waals surface area contributed by atoms with E-state index in [0.717, 1.165) is 6.07 Å². The lowest BCUT2D eigenvalue weighted by Gasteiger charge is -2.35. The van der Waals surface area contributed by atoms with Gasteiger partial charge in [0.05, 0.1) is 5.75 Å². The first-order chi connectivity index (χ1) is 11.9. The van der Waals surface area contributed by atoms with Gasteiger partial charge in [-0.05, 0) is 25.0 Å². The van der Waals surface area contributed by atoms with Crippen molar-refractivity contribution in [1.82, 2.24) is 15.1 Å². The van der Waals surface area contributed by atoms with Gasteiger partial charge < -0.3 is 9.80 Å². The van der Waals surface area contributed by atoms with Crippen molar-refractivity contribution in [3.8, 4) is 0 Å². The number of hydrogen-bond acceptors (Lipinski definition) is 5. The van der Waals surface area contributed by atoms with Crippen LogP contribution in [0.4, 0.5) is 19.0 Å². The number of rotatable bonds is 4. The van der Waals surface area contributed by atoms with Crippen LogP contribution in [0.2, 0.25) is 0 Å². The van der Waals surface area contributed by atoms with E-state index in [1.807, 2.05) is 9.80 Å². The van der Waals surface area contributed by atoms with Crippen LogP contribution in [-0.2, 0) is 11.0 Å². The van der Waals surface area contributed by atoms with E-state index in [2.05, 4.69) is 10.2 Å². The maximum atomic E-state index is 12.5. The summed E-state index contributed by atoms with van der Waals surface area (Å²) in [6.45, 7) is 2.24. The number of piperazine rings is 1. The Hall–Kier alpha value is -1.51. The van der Waals surface area contributed by atoms with Gasteiger partial charge in [0.25, 0.3) is 0 Å². The molecule has 5 nitrogen and oxygen atoms in total. The van der Waals surface area contributed by atoms with Crippen molar-refractivity contribution in [2.45, 2.75) is 37.1 Å². The molecule has 1 saturated carbocycles. The number of halogens is 3. The van der Waals surface area contributed by atoms with Crippen LogP contribution >= 0.6 is 11.8 Å². The summed E-state index contributed by atoms with van der Waals surface area (Å²) in [5, 5.41) is 7.55. The third kappa shape index (κ3) is 4.77. The molecule has 1 aromatic rings. The number of aromatic nitrogens is 2. The smallest absolute Gasteiger partial charge is 0.352 e. The van der Waals surface area contributed by atoms with Crippen molar-refractivity contribution >= 4 is 23.5 Å². The Morgan fingerprint density at radius 1 is 1.12 bits per heavy atom. The molecular weight excluding hydrogens is 353 g/mol. The number of alkyl halides is 3. The van der Waals surface area contributed by atoms with Gasteiger partial charge in [0.2, 0.25) is 5.91 Å². The van der Waals surface area contributed by atoms with Gasteiger partial charge in [-0.25, -0.2) is 0 Å². The number of anilines is 1. The molecule has 0 atom stereocenters. The minimum atomic E-state index is -4.48. The highest BCUT2D eigenvalue weighted by Gasteiger charge is 2.33. The second kappa shape index (κ2) is 7.80. The molecule has 2 heterocycles. The first kappa shape index (κ1) is 18.3. The van der Waals surface area contributed by atoms with Gasteiger partial charge in [0, 0.05) is 31.4 Å². The van der Waals surface area contributed by atoms with Crippen molar-refractivity contribution in [1.29, 1.82) is 0 Å². The van der Waals surface area contributed by atoms with E-state index in [1.165, 1.54) is 31.7 Å². The van der Waals surface area contributed by atoms with Gasteiger partial charge >= 0.3 is 6.18 Å². The Morgan fingerprint density at radius 3 is 2.36 bits per heavy atom. The lowest BCUT2D eigenvalue weighted by Crippen LogP contribution is -2.49. The van der Waals surface area contributed by atoms with Crippen molar-refractivity contribution in [2.75, 3.05) is 36.8 Å². The minimum Gasteiger partial charge on any atom is -0.352 e. The summed E-state index contributed by atoms with van der Waals surface area (Å²) in [6, 6.07) is 2.28. The maximum Gasteiger partial charge on any atom is 0.435 e. The fourth-order valence-electron chi connectivity index (χ4n) is 3.17. The summed E-state index contributed by atoms with van der Waals surface area (Å²) in [6.07, 6.45) is 0.460. The first-order valence-corrected chi connectivity index (χ1v) is 9.53. The second-order valence-corrected chi connectivity index (χ2v) is 7.65. The Bertz CT molecular complexity index is 582. The number of nitrogens with zero attached hydrogens (tertiary/aromatic N) is 4. The average Bonchev–Trinajstić information content (AvgIpc) is 3.13. The molecule has 2 aliphatic rings. The Balaban J connectivity index is 1.47. The summed E-state index contributed by atoms with van der Waals surface area (Å²) < 4.78 is 37.6. The molecular formula is C16H21F3N4OS. The van der Waals surface area contributed by atoms with Crippen LogP contribution in [-0.4, -0.2) is 58.2 Å². The average molecular weight is 374 g/mol. The van der Waals surface area contributed by atoms with Crippen molar-refractivity contribution in [3.63, 3.8) is 0 Å². The minimum absolute atomic E-state index is 0.148. The van der Waals surface area contributed by atoms with Crippen LogP contribution in [0.15, 0.2) is 12.1 Å². The molecule has 9 heteroatoms. The van der Waals surface area contributed by atoms with Gasteiger partial charge in [-0.15, -0.1) is 22.0 Å². The van der Waals surface area contributed by atoms with Crippen molar-refractivity contribution < 1.29 is 18.0 Å². The van der Waals surface area contributed by atoms with Gasteiger partial charge in [-0.1, -0.05) is 12.8 Å². The summed E-state index contributed by atoms with van der Waals surface area (Å²) >= 11 is 1.75. The van der Waals surface area contributed by atoms with Crippen LogP contribution in [0.25, 0.3) is 0 Å². The van der Waals surface area contributed by atoms with Crippen LogP contribution in [0.5, 0.6) is 0 Å². The van der Waals surface area contributed by atoms with Crippen LogP contribution in [0, 0.1) is 0 Å². The second-order valence-electron chi connectivity index (χ2n) is 6.36. The number of amides is 1. The SMILES string of the molecule is O=C(CSC1CCCC1)N1CCN(c2ccc(C(F)(F)F)nn2)CC1. The lowest BCUT2D eigenvalue weighted by atomic mass is 10.3. The third-order valence-electron chi connectivity index (χ3n) is 4.64. The van der Waals surface area contributed by atoms with Gasteiger partial charge in [-0.3, -0.25) is 4.79 Å². The third-order valence-corrected chi connectivity index (χ3v) is 6.00. The molecule has 1 aliphatic heterocycles. The summed E-state index contributed by atoms with van der Waals surface area (Å²) in [4.78, 5) is 16.0. The van der Waals surface area contributed by atoms with E-state index in [0.29, 0.717) is 43.0 Å². The van der Waals surface area contributed by atoms with E-state index < -0.39 is 11.9 Å². The molecule has 1 aliphatic carbocycles. The molecule has 138 valence electrons. The standard InChI is InChI=1S/C16H21F3N4OS/c17-16(18,19)13-5-6-14(21-20-13)22-7-9-23(10-8-22)15(24)11-25-12-3-1-2-4-12/h5-6,12H,1-4,7-11H2. The van der Waals surface area contributed by atoms with E-state index in [-0.39, 0.29) is 5.91 Å². The lowest BCUT2D eigenvalue weighted by molar-refractivity contribution is -0.141. The number of hydrogen-bond donors (Lipinski definition) is 0. The van der Waals surface area contributed by atoms with E-state index >= 15 is 0 Å². The van der Waals surface area contributed by atoms with E-state index in [9.17, 15) is 18.0 Å². The highest BCUT2D eigenvalue weighted by molar-refractivity contribution is 8.00. The summed E-state index contributed by atoms with van der Waals surface area (Å²) in [7, 11) is 0. The summed E-state index contributed by atoms with van der Waals surface area (Å²) in [5.74, 6) is 1.08. The summed E-state index contributed by atoms with van der Waals surface area (Å²) in [5.41, 5.74) is -0.992. The molecule has 0 spiro atoms. The fraction of sp³-hybridized carbons (Fsp3) is 0.688. The molecule has 1 amide bonds. The Labute approximate surface area is 149 Å². The topological polar surface area (TPSA) is 49.3 Å². The van der Waals surface area contributed by atoms with Crippen LogP contribution in [0.1, 0.15) is 31.4 Å². The maximum absolute atomic E-state index is 12.5. The zero-order valence-corrected chi connectivity index (χ0v) is 14.7. The molecule has 0 aromatic carbocycles. The zero-order valence-electron chi connectivity index (χ0n) is 13.8. The normalized spacial score (nSPS) is 19.5. The molecule has 0 N–H and O–H groups in total. The van der Waals surface area contributed by atoms with E-state index in [1.54, 1.807) is 11.8 Å². The van der Waals surface area contributed by atoms with Crippen molar-refractivity contribution in [3.05, 3.63) is 17.8 Å². The van der Waals surface area contributed by atoms with Crippen LogP contribution in [0.3, 0.4) is 0 Å². The highest BCUT2D eigenvalue weighted by Crippen LogP contribution is 2.30. The monoisotopic (exact) mass is 374 g/mol. The molecule has 0 radical (unpaired) electrons. The molecule has 3 rings (SSSR count). The number of carbonyl (C=O) groups excluding carboxylic acids is 1. The molecule has 25 heavy (non-hydrogen) atoms. The first-order valence-electron chi connectivity index (χ1n) is 8.49. The molecule has 1 saturated heterocycles. The largest absolute Gasteiger partial charge is 0.435 e. The van der Waals surface area contributed by atoms with Crippen LogP contribution < -0.4 is 4.90 Å². The predicted octanol–water partition coefficient (Wildman–Crippen LogP) is 2.82. The zero-order chi connectivity index (χ0) is 17.9. The highest BCUT2D eigenvalue weighted by atomic mass is 32.2. The Morgan fingerprint density at radius 2 is 1.80 bits per heavy atom. The molecule has 2 fully saturated rings.